The van der Waals surface area contributed by atoms with Gasteiger partial charge in [-0.2, -0.15) is 39.5 Å². The summed E-state index contributed by atoms with van der Waals surface area (Å²) in [5, 5.41) is 0.566. The summed E-state index contributed by atoms with van der Waals surface area (Å²) in [7, 11) is 0. The van der Waals surface area contributed by atoms with E-state index in [1.54, 1.807) is 6.92 Å². The van der Waals surface area contributed by atoms with Gasteiger partial charge in [-0.1, -0.05) is 6.92 Å². The summed E-state index contributed by atoms with van der Waals surface area (Å²) in [4.78, 5) is 24.5. The number of halogens is 9. The summed E-state index contributed by atoms with van der Waals surface area (Å²) in [5.74, 6) is -24.9. The second-order valence-electron chi connectivity index (χ2n) is 6.73. The topological polar surface area (TPSA) is 55.4 Å². The minimum atomic E-state index is -7.20. The smallest absolute Gasteiger partial charge is 0.460 e. The third-order valence-corrected chi connectivity index (χ3v) is 5.68. The molecule has 0 aliphatic heterocycles. The van der Waals surface area contributed by atoms with Crippen molar-refractivity contribution in [1.82, 2.24) is 0 Å². The lowest BCUT2D eigenvalue weighted by molar-refractivity contribution is -0.388. The maximum Gasteiger partial charge on any atom is 0.460 e. The van der Waals surface area contributed by atoms with E-state index in [0.29, 0.717) is 47.5 Å². The molecule has 1 aromatic rings. The highest BCUT2D eigenvalue weighted by atomic mass is 32.1. The van der Waals surface area contributed by atoms with Crippen LogP contribution in [0.25, 0.3) is 0 Å². The van der Waals surface area contributed by atoms with Crippen LogP contribution >= 0.6 is 11.3 Å². The normalized spacial score (nSPS) is 15.4. The third-order valence-electron chi connectivity index (χ3n) is 4.47. The Bertz CT molecular complexity index is 849. The molecular weight excluding hydrogens is 469 g/mol. The quantitative estimate of drug-likeness (QED) is 0.404. The Kier molecular flexibility index (Phi) is 6.94. The van der Waals surface area contributed by atoms with Gasteiger partial charge in [-0.3, -0.25) is 4.79 Å². The number of rotatable bonds is 7. The van der Waals surface area contributed by atoms with E-state index < -0.39 is 46.4 Å². The van der Waals surface area contributed by atoms with Gasteiger partial charge in [-0.25, -0.2) is 4.79 Å². The lowest BCUT2D eigenvalue weighted by Gasteiger charge is -2.32. The van der Waals surface area contributed by atoms with Crippen LogP contribution < -0.4 is 5.32 Å². The van der Waals surface area contributed by atoms with Gasteiger partial charge in [-0.15, -0.1) is 11.3 Å². The number of amides is 1. The Hall–Kier alpha value is -1.99. The fourth-order valence-electron chi connectivity index (χ4n) is 2.84. The van der Waals surface area contributed by atoms with E-state index in [0.717, 1.165) is 0 Å². The summed E-state index contributed by atoms with van der Waals surface area (Å²) < 4.78 is 122. The predicted molar refractivity (Wildman–Crippen MR) is 91.1 cm³/mol. The molecule has 2 rings (SSSR count). The molecule has 31 heavy (non-hydrogen) atoms. The van der Waals surface area contributed by atoms with Gasteiger partial charge in [0.25, 0.3) is 0 Å². The number of anilines is 1. The fourth-order valence-corrected chi connectivity index (χ4v) is 4.11. The van der Waals surface area contributed by atoms with Gasteiger partial charge in [0, 0.05) is 4.88 Å². The second kappa shape index (κ2) is 8.51. The van der Waals surface area contributed by atoms with Crippen molar-refractivity contribution in [3.63, 3.8) is 0 Å². The highest BCUT2D eigenvalue weighted by Crippen LogP contribution is 2.53. The molecule has 0 radical (unpaired) electrons. The first-order valence-corrected chi connectivity index (χ1v) is 9.74. The summed E-state index contributed by atoms with van der Waals surface area (Å²) in [5.41, 5.74) is -0.0773. The Balaban J connectivity index is 2.42. The van der Waals surface area contributed by atoms with Crippen molar-refractivity contribution in [2.75, 3.05) is 11.9 Å². The number of alkyl halides is 9. The Morgan fingerprint density at radius 2 is 1.55 bits per heavy atom. The molecule has 14 heteroatoms. The Morgan fingerprint density at radius 3 is 2.10 bits per heavy atom. The molecule has 0 aromatic carbocycles. The van der Waals surface area contributed by atoms with Gasteiger partial charge in [0.15, 0.2) is 0 Å². The summed E-state index contributed by atoms with van der Waals surface area (Å²) in [6, 6.07) is 0. The molecule has 0 atom stereocenters. The molecule has 1 heterocycles. The minimum Gasteiger partial charge on any atom is -0.462 e. The van der Waals surface area contributed by atoms with E-state index in [-0.39, 0.29) is 13.0 Å². The van der Waals surface area contributed by atoms with Crippen LogP contribution in [0.1, 0.15) is 47.0 Å². The van der Waals surface area contributed by atoms with E-state index in [2.05, 4.69) is 0 Å². The molecule has 0 spiro atoms. The third kappa shape index (κ3) is 4.35. The van der Waals surface area contributed by atoms with E-state index in [9.17, 15) is 49.1 Å². The van der Waals surface area contributed by atoms with E-state index >= 15 is 0 Å². The average molecular weight is 485 g/mol. The second-order valence-corrected chi connectivity index (χ2v) is 7.83. The molecule has 176 valence electrons. The highest BCUT2D eigenvalue weighted by Gasteiger charge is 2.83. The van der Waals surface area contributed by atoms with Crippen LogP contribution in [0.5, 0.6) is 0 Å². The van der Waals surface area contributed by atoms with Crippen molar-refractivity contribution >= 4 is 28.2 Å². The van der Waals surface area contributed by atoms with Crippen molar-refractivity contribution in [2.24, 2.45) is 0 Å². The molecule has 0 saturated carbocycles. The number of carbonyl (C=O) groups excluding carboxylic acids is 2. The maximum atomic E-state index is 13.9. The van der Waals surface area contributed by atoms with Gasteiger partial charge in [0.2, 0.25) is 0 Å². The zero-order valence-electron chi connectivity index (χ0n) is 15.8. The fraction of sp³-hybridized carbons (Fsp3) is 0.647. The standard InChI is InChI=1S/C17H16F9NO3S/c1-2-7-30-12(28)10-8-5-3-4-6-9(8)31-11(10)27-13(29)14(18,19)15(20,21)16(22,23)17(24,25)26/h2-7H2,1H3,(H,27,29). The summed E-state index contributed by atoms with van der Waals surface area (Å²) >= 11 is 0.571. The zero-order chi connectivity index (χ0) is 23.8. The van der Waals surface area contributed by atoms with Crippen LogP contribution in [0.3, 0.4) is 0 Å². The number of hydrogen-bond donors (Lipinski definition) is 1. The Morgan fingerprint density at radius 1 is 0.968 bits per heavy atom. The molecule has 0 bridgehead atoms. The monoisotopic (exact) mass is 485 g/mol. The predicted octanol–water partition coefficient (Wildman–Crippen LogP) is 5.60. The van der Waals surface area contributed by atoms with Gasteiger partial charge in [0.1, 0.15) is 5.00 Å². The van der Waals surface area contributed by atoms with Crippen LogP contribution in [0.2, 0.25) is 0 Å². The zero-order valence-corrected chi connectivity index (χ0v) is 16.6. The summed E-state index contributed by atoms with van der Waals surface area (Å²) in [6.07, 6.45) is -4.82. The first kappa shape index (κ1) is 25.3. The number of ether oxygens (including phenoxy) is 1. The maximum absolute atomic E-state index is 13.9. The van der Waals surface area contributed by atoms with Gasteiger partial charge >= 0.3 is 35.8 Å². The number of carbonyl (C=O) groups is 2. The highest BCUT2D eigenvalue weighted by molar-refractivity contribution is 7.17. The number of fused-ring (bicyclic) bond motifs is 1. The lowest BCUT2D eigenvalue weighted by atomic mass is 9.95. The molecular formula is C17H16F9NO3S. The summed E-state index contributed by atoms with van der Waals surface area (Å²) in [6.45, 7) is 1.55. The number of aryl methyl sites for hydroxylation is 1. The minimum absolute atomic E-state index is 0.0944. The number of hydrogen-bond acceptors (Lipinski definition) is 4. The molecule has 0 saturated heterocycles. The van der Waals surface area contributed by atoms with Crippen molar-refractivity contribution in [3.05, 3.63) is 16.0 Å². The van der Waals surface area contributed by atoms with Crippen LogP contribution in [0, 0.1) is 0 Å². The molecule has 1 amide bonds. The number of thiophene rings is 1. The molecule has 1 aliphatic rings. The van der Waals surface area contributed by atoms with E-state index in [1.165, 1.54) is 5.32 Å². The first-order valence-electron chi connectivity index (χ1n) is 8.92. The van der Waals surface area contributed by atoms with Gasteiger partial charge in [0.05, 0.1) is 12.2 Å². The SMILES string of the molecule is CCCOC(=O)c1c(NC(=O)C(F)(F)C(F)(F)C(F)(F)C(F)(F)F)sc2c1CCCC2. The molecule has 1 N–H and O–H groups in total. The van der Waals surface area contributed by atoms with Gasteiger partial charge in [-0.05, 0) is 37.7 Å². The van der Waals surface area contributed by atoms with Crippen molar-refractivity contribution < 1.29 is 53.8 Å². The number of esters is 1. The average Bonchev–Trinajstić information content (AvgIpc) is 3.02. The number of nitrogens with one attached hydrogen (secondary N) is 1. The molecule has 0 fully saturated rings. The van der Waals surface area contributed by atoms with Crippen LogP contribution in [-0.2, 0) is 22.4 Å². The van der Waals surface area contributed by atoms with E-state index in [1.807, 2.05) is 0 Å². The van der Waals surface area contributed by atoms with Crippen LogP contribution in [0.15, 0.2) is 0 Å². The molecule has 0 unspecified atom stereocenters. The Labute approximate surface area is 173 Å². The molecule has 4 nitrogen and oxygen atoms in total. The lowest BCUT2D eigenvalue weighted by Crippen LogP contribution is -2.64. The van der Waals surface area contributed by atoms with Crippen LogP contribution in [0.4, 0.5) is 44.5 Å². The van der Waals surface area contributed by atoms with Crippen LogP contribution in [-0.4, -0.2) is 42.4 Å². The van der Waals surface area contributed by atoms with Gasteiger partial charge < -0.3 is 10.1 Å². The largest absolute Gasteiger partial charge is 0.462 e. The van der Waals surface area contributed by atoms with Crippen molar-refractivity contribution in [3.8, 4) is 0 Å². The van der Waals surface area contributed by atoms with Crippen molar-refractivity contribution in [1.29, 1.82) is 0 Å². The first-order chi connectivity index (χ1) is 14.1. The van der Waals surface area contributed by atoms with E-state index in [4.69, 9.17) is 4.74 Å². The molecule has 1 aliphatic carbocycles. The van der Waals surface area contributed by atoms with Crippen molar-refractivity contribution in [2.45, 2.75) is 63.0 Å². The molecule has 1 aromatic heterocycles.